The molecule has 0 radical (unpaired) electrons. The van der Waals surface area contributed by atoms with E-state index < -0.39 is 0 Å². The highest BCUT2D eigenvalue weighted by Crippen LogP contribution is 2.19. The van der Waals surface area contributed by atoms with Crippen molar-refractivity contribution < 1.29 is 9.47 Å². The minimum absolute atomic E-state index is 0.0686. The van der Waals surface area contributed by atoms with E-state index in [4.69, 9.17) is 15.2 Å². The summed E-state index contributed by atoms with van der Waals surface area (Å²) in [4.78, 5) is 2.43. The van der Waals surface area contributed by atoms with Crippen LogP contribution in [0.4, 0.5) is 0 Å². The molecule has 17 heavy (non-hydrogen) atoms. The first-order chi connectivity index (χ1) is 8.06. The first-order valence-electron chi connectivity index (χ1n) is 6.64. The van der Waals surface area contributed by atoms with Crippen LogP contribution in [0.3, 0.4) is 0 Å². The Morgan fingerprint density at radius 3 is 2.53 bits per heavy atom. The molecule has 0 amide bonds. The zero-order valence-electron chi connectivity index (χ0n) is 11.6. The maximum absolute atomic E-state index is 6.44. The average Bonchev–Trinajstić information content (AvgIpc) is 2.25. The molecule has 0 unspecified atom stereocenters. The maximum Gasteiger partial charge on any atom is 0.0589 e. The molecule has 1 aliphatic heterocycles. The largest absolute Gasteiger partial charge is 0.383 e. The Morgan fingerprint density at radius 1 is 1.35 bits per heavy atom. The van der Waals surface area contributed by atoms with Crippen molar-refractivity contribution in [3.63, 3.8) is 0 Å². The van der Waals surface area contributed by atoms with Crippen LogP contribution in [0, 0.1) is 5.92 Å². The number of methoxy groups -OCH3 is 1. The lowest BCUT2D eigenvalue weighted by atomic mass is 9.90. The Bertz CT molecular complexity index is 204. The van der Waals surface area contributed by atoms with Crippen molar-refractivity contribution in [1.82, 2.24) is 4.90 Å². The van der Waals surface area contributed by atoms with Crippen molar-refractivity contribution in [2.45, 2.75) is 32.2 Å². The maximum atomic E-state index is 6.44. The van der Waals surface area contributed by atoms with Crippen LogP contribution in [0.25, 0.3) is 0 Å². The molecule has 2 N–H and O–H groups in total. The monoisotopic (exact) mass is 244 g/mol. The van der Waals surface area contributed by atoms with Crippen molar-refractivity contribution in [2.75, 3.05) is 46.6 Å². The molecule has 1 aliphatic rings. The molecule has 0 aliphatic carbocycles. The second-order valence-electron chi connectivity index (χ2n) is 5.60. The van der Waals surface area contributed by atoms with Crippen LogP contribution in [-0.2, 0) is 9.47 Å². The number of hydrogen-bond donors (Lipinski definition) is 1. The van der Waals surface area contributed by atoms with E-state index in [2.05, 4.69) is 18.7 Å². The van der Waals surface area contributed by atoms with Gasteiger partial charge in [-0.1, -0.05) is 13.8 Å². The lowest BCUT2D eigenvalue weighted by molar-refractivity contribution is 0.0315. The van der Waals surface area contributed by atoms with Crippen molar-refractivity contribution in [3.8, 4) is 0 Å². The molecule has 0 saturated carbocycles. The zero-order chi connectivity index (χ0) is 12.7. The van der Waals surface area contributed by atoms with Crippen LogP contribution in [0.15, 0.2) is 0 Å². The second-order valence-corrected chi connectivity index (χ2v) is 5.60. The Kier molecular flexibility index (Phi) is 6.41. The number of nitrogens with two attached hydrogens (primary N) is 1. The van der Waals surface area contributed by atoms with E-state index >= 15 is 0 Å². The summed E-state index contributed by atoms with van der Waals surface area (Å²) in [7, 11) is 1.75. The molecule has 0 aromatic rings. The zero-order valence-corrected chi connectivity index (χ0v) is 11.6. The van der Waals surface area contributed by atoms with Gasteiger partial charge < -0.3 is 15.2 Å². The molecule has 4 nitrogen and oxygen atoms in total. The van der Waals surface area contributed by atoms with Crippen LogP contribution >= 0.6 is 0 Å². The highest BCUT2D eigenvalue weighted by molar-refractivity contribution is 4.89. The molecule has 0 bridgehead atoms. The van der Waals surface area contributed by atoms with Gasteiger partial charge in [-0.2, -0.15) is 0 Å². The Labute approximate surface area is 105 Å². The molecule has 0 aromatic heterocycles. The van der Waals surface area contributed by atoms with Gasteiger partial charge in [-0.05, 0) is 18.8 Å². The SMILES string of the molecule is COCCN(CC(C)C)CC1(N)CCOCC1. The van der Waals surface area contributed by atoms with E-state index in [1.165, 1.54) is 0 Å². The number of hydrogen-bond acceptors (Lipinski definition) is 4. The summed E-state index contributed by atoms with van der Waals surface area (Å²) in [6, 6.07) is 0. The molecule has 1 rings (SSSR count). The first kappa shape index (κ1) is 14.9. The van der Waals surface area contributed by atoms with Crippen LogP contribution in [-0.4, -0.2) is 57.0 Å². The molecule has 0 atom stereocenters. The molecule has 1 fully saturated rings. The van der Waals surface area contributed by atoms with Crippen molar-refractivity contribution >= 4 is 0 Å². The van der Waals surface area contributed by atoms with E-state index in [9.17, 15) is 0 Å². The lowest BCUT2D eigenvalue weighted by Gasteiger charge is -2.38. The summed E-state index contributed by atoms with van der Waals surface area (Å²) < 4.78 is 10.6. The lowest BCUT2D eigenvalue weighted by Crippen LogP contribution is -2.54. The predicted molar refractivity (Wildman–Crippen MR) is 70.1 cm³/mol. The van der Waals surface area contributed by atoms with Crippen molar-refractivity contribution in [1.29, 1.82) is 0 Å². The van der Waals surface area contributed by atoms with Gasteiger partial charge in [0.05, 0.1) is 6.61 Å². The Hall–Kier alpha value is -0.160. The fourth-order valence-corrected chi connectivity index (χ4v) is 2.35. The smallest absolute Gasteiger partial charge is 0.0589 e. The second kappa shape index (κ2) is 7.31. The van der Waals surface area contributed by atoms with Gasteiger partial charge in [0.2, 0.25) is 0 Å². The van der Waals surface area contributed by atoms with Gasteiger partial charge in [0.25, 0.3) is 0 Å². The van der Waals surface area contributed by atoms with Crippen LogP contribution in [0.1, 0.15) is 26.7 Å². The van der Waals surface area contributed by atoms with E-state index in [1.54, 1.807) is 7.11 Å². The van der Waals surface area contributed by atoms with Gasteiger partial charge in [-0.25, -0.2) is 0 Å². The Balaban J connectivity index is 2.44. The van der Waals surface area contributed by atoms with Crippen LogP contribution < -0.4 is 5.73 Å². The first-order valence-corrected chi connectivity index (χ1v) is 6.64. The standard InChI is InChI=1S/C13H28N2O2/c1-12(2)10-15(6-9-16-3)11-13(14)4-7-17-8-5-13/h12H,4-11,14H2,1-3H3. The van der Waals surface area contributed by atoms with Crippen LogP contribution in [0.5, 0.6) is 0 Å². The average molecular weight is 244 g/mol. The fourth-order valence-electron chi connectivity index (χ4n) is 2.35. The van der Waals surface area contributed by atoms with Gasteiger partial charge in [0.1, 0.15) is 0 Å². The summed E-state index contributed by atoms with van der Waals surface area (Å²) in [6.07, 6.45) is 1.93. The molecular formula is C13H28N2O2. The van der Waals surface area contributed by atoms with E-state index in [0.29, 0.717) is 5.92 Å². The van der Waals surface area contributed by atoms with Crippen LogP contribution in [0.2, 0.25) is 0 Å². The summed E-state index contributed by atoms with van der Waals surface area (Å²) in [5.74, 6) is 0.662. The highest BCUT2D eigenvalue weighted by atomic mass is 16.5. The van der Waals surface area contributed by atoms with Crippen molar-refractivity contribution in [3.05, 3.63) is 0 Å². The van der Waals surface area contributed by atoms with Gasteiger partial charge in [-0.15, -0.1) is 0 Å². The van der Waals surface area contributed by atoms with Crippen molar-refractivity contribution in [2.24, 2.45) is 11.7 Å². The Morgan fingerprint density at radius 2 is 2.00 bits per heavy atom. The highest BCUT2D eigenvalue weighted by Gasteiger charge is 2.30. The van der Waals surface area contributed by atoms with Gasteiger partial charge in [0.15, 0.2) is 0 Å². The normalized spacial score (nSPS) is 20.1. The number of ether oxygens (including phenoxy) is 2. The molecule has 0 spiro atoms. The molecule has 1 heterocycles. The van der Waals surface area contributed by atoms with E-state index in [0.717, 1.165) is 52.3 Å². The third kappa shape index (κ3) is 5.82. The number of rotatable bonds is 7. The third-order valence-corrected chi connectivity index (χ3v) is 3.26. The number of nitrogens with zero attached hydrogens (tertiary/aromatic N) is 1. The molecule has 4 heteroatoms. The summed E-state index contributed by atoms with van der Waals surface area (Å²) in [6.45, 7) is 9.88. The predicted octanol–water partition coefficient (Wildman–Crippen LogP) is 1.10. The minimum Gasteiger partial charge on any atom is -0.383 e. The minimum atomic E-state index is -0.0686. The van der Waals surface area contributed by atoms with E-state index in [1.807, 2.05) is 0 Å². The molecular weight excluding hydrogens is 216 g/mol. The molecule has 102 valence electrons. The summed E-state index contributed by atoms with van der Waals surface area (Å²) in [5, 5.41) is 0. The van der Waals surface area contributed by atoms with Gasteiger partial charge in [0, 0.05) is 45.5 Å². The van der Waals surface area contributed by atoms with E-state index in [-0.39, 0.29) is 5.54 Å². The van der Waals surface area contributed by atoms with Gasteiger partial charge in [-0.3, -0.25) is 4.90 Å². The summed E-state index contributed by atoms with van der Waals surface area (Å²) in [5.41, 5.74) is 6.38. The molecule has 0 aromatic carbocycles. The topological polar surface area (TPSA) is 47.7 Å². The summed E-state index contributed by atoms with van der Waals surface area (Å²) >= 11 is 0. The quantitative estimate of drug-likeness (QED) is 0.728. The molecule has 1 saturated heterocycles. The third-order valence-electron chi connectivity index (χ3n) is 3.26. The van der Waals surface area contributed by atoms with Gasteiger partial charge >= 0.3 is 0 Å². The fraction of sp³-hybridized carbons (Fsp3) is 1.00.